The van der Waals surface area contributed by atoms with Gasteiger partial charge in [-0.3, -0.25) is 14.6 Å². The number of primary amides is 1. The quantitative estimate of drug-likeness (QED) is 0.873. The number of benzene rings is 1. The van der Waals surface area contributed by atoms with Crippen LogP contribution in [-0.2, 0) is 4.79 Å². The Morgan fingerprint density at radius 3 is 2.72 bits per heavy atom. The molecular formula is C20H21N3O2. The Morgan fingerprint density at radius 1 is 1.20 bits per heavy atom. The van der Waals surface area contributed by atoms with Crippen LogP contribution in [0.3, 0.4) is 0 Å². The highest BCUT2D eigenvalue weighted by Gasteiger charge is 2.31. The van der Waals surface area contributed by atoms with Gasteiger partial charge in [0.15, 0.2) is 0 Å². The minimum absolute atomic E-state index is 0.0214. The van der Waals surface area contributed by atoms with E-state index < -0.39 is 11.8 Å². The molecule has 2 atom stereocenters. The van der Waals surface area contributed by atoms with Crippen LogP contribution in [0.2, 0.25) is 0 Å². The lowest BCUT2D eigenvalue weighted by Crippen LogP contribution is -2.39. The van der Waals surface area contributed by atoms with Crippen molar-refractivity contribution >= 4 is 11.8 Å². The Bertz CT molecular complexity index is 802. The smallest absolute Gasteiger partial charge is 0.249 e. The second kappa shape index (κ2) is 7.30. The molecule has 5 nitrogen and oxygen atoms in total. The van der Waals surface area contributed by atoms with E-state index >= 15 is 0 Å². The molecule has 5 heteroatoms. The average molecular weight is 335 g/mol. The summed E-state index contributed by atoms with van der Waals surface area (Å²) in [7, 11) is 0. The molecule has 1 aliphatic heterocycles. The molecule has 0 radical (unpaired) electrons. The van der Waals surface area contributed by atoms with Crippen molar-refractivity contribution in [3.05, 3.63) is 77.6 Å². The van der Waals surface area contributed by atoms with Gasteiger partial charge in [-0.25, -0.2) is 0 Å². The molecule has 0 fully saturated rings. The molecule has 1 aromatic heterocycles. The lowest BCUT2D eigenvalue weighted by molar-refractivity contribution is -0.134. The van der Waals surface area contributed by atoms with Crippen molar-refractivity contribution in [2.45, 2.75) is 25.3 Å². The van der Waals surface area contributed by atoms with Crippen LogP contribution in [0.15, 0.2) is 60.9 Å². The summed E-state index contributed by atoms with van der Waals surface area (Å²) in [5, 5.41) is 0. The first-order valence-corrected chi connectivity index (χ1v) is 8.33. The Balaban J connectivity index is 1.91. The average Bonchev–Trinajstić information content (AvgIpc) is 2.67. The predicted octanol–water partition coefficient (Wildman–Crippen LogP) is 2.81. The number of nitrogens with two attached hydrogens (primary N) is 1. The number of aromatic nitrogens is 1. The second-order valence-electron chi connectivity index (χ2n) is 6.17. The van der Waals surface area contributed by atoms with Crippen LogP contribution in [0.4, 0.5) is 0 Å². The highest BCUT2D eigenvalue weighted by Crippen LogP contribution is 2.31. The molecule has 128 valence electrons. The van der Waals surface area contributed by atoms with Crippen molar-refractivity contribution in [2.24, 2.45) is 5.73 Å². The van der Waals surface area contributed by atoms with Crippen molar-refractivity contribution in [1.82, 2.24) is 9.88 Å². The molecule has 2 heterocycles. The van der Waals surface area contributed by atoms with E-state index in [1.54, 1.807) is 30.6 Å². The van der Waals surface area contributed by atoms with Crippen LogP contribution in [-0.4, -0.2) is 28.2 Å². The fourth-order valence-corrected chi connectivity index (χ4v) is 3.28. The normalized spacial score (nSPS) is 18.0. The van der Waals surface area contributed by atoms with Crippen molar-refractivity contribution in [1.29, 1.82) is 0 Å². The summed E-state index contributed by atoms with van der Waals surface area (Å²) >= 11 is 0. The number of rotatable bonds is 4. The molecule has 2 N–H and O–H groups in total. The van der Waals surface area contributed by atoms with Crippen molar-refractivity contribution in [2.75, 3.05) is 6.54 Å². The first kappa shape index (κ1) is 16.9. The molecule has 0 spiro atoms. The Morgan fingerprint density at radius 2 is 2.00 bits per heavy atom. The molecule has 1 unspecified atom stereocenters. The van der Waals surface area contributed by atoms with Crippen LogP contribution in [0, 0.1) is 0 Å². The second-order valence-corrected chi connectivity index (χ2v) is 6.17. The van der Waals surface area contributed by atoms with Crippen LogP contribution in [0.1, 0.15) is 46.8 Å². The van der Waals surface area contributed by atoms with Gasteiger partial charge in [-0.05, 0) is 36.6 Å². The standard InChI is InChI=1S/C20H21N3O2/c1-14(16-8-2-3-9-17(16)19(21)24)20(25)23-12-5-4-10-18(23)15-7-6-11-22-13-15/h2-9,11,13-14,18H,10,12H2,1H3,(H2,21,24)/t14-,18?/m0/s1. The van der Waals surface area contributed by atoms with E-state index in [0.717, 1.165) is 12.0 Å². The number of pyridine rings is 1. The molecule has 0 aliphatic carbocycles. The molecule has 1 aliphatic rings. The van der Waals surface area contributed by atoms with E-state index in [0.29, 0.717) is 17.7 Å². The number of nitrogens with zero attached hydrogens (tertiary/aromatic N) is 2. The SMILES string of the molecule is C[C@H](C(=O)N1CC=CCC1c1cccnc1)c1ccccc1C(N)=O. The van der Waals surface area contributed by atoms with Gasteiger partial charge >= 0.3 is 0 Å². The maximum absolute atomic E-state index is 13.2. The number of hydrogen-bond donors (Lipinski definition) is 1. The minimum Gasteiger partial charge on any atom is -0.366 e. The maximum Gasteiger partial charge on any atom is 0.249 e. The van der Waals surface area contributed by atoms with Gasteiger partial charge in [0.2, 0.25) is 11.8 Å². The van der Waals surface area contributed by atoms with Crippen LogP contribution in [0.25, 0.3) is 0 Å². The van der Waals surface area contributed by atoms with Crippen molar-refractivity contribution < 1.29 is 9.59 Å². The third kappa shape index (κ3) is 3.45. The van der Waals surface area contributed by atoms with E-state index in [4.69, 9.17) is 5.73 Å². The van der Waals surface area contributed by atoms with E-state index in [9.17, 15) is 9.59 Å². The van der Waals surface area contributed by atoms with Gasteiger partial charge in [-0.1, -0.05) is 36.4 Å². The van der Waals surface area contributed by atoms with Gasteiger partial charge in [0, 0.05) is 24.5 Å². The van der Waals surface area contributed by atoms with Crippen LogP contribution in [0.5, 0.6) is 0 Å². The van der Waals surface area contributed by atoms with Gasteiger partial charge in [0.05, 0.1) is 12.0 Å². The monoisotopic (exact) mass is 335 g/mol. The molecule has 0 bridgehead atoms. The molecule has 2 amide bonds. The molecular weight excluding hydrogens is 314 g/mol. The molecule has 1 aromatic carbocycles. The van der Waals surface area contributed by atoms with Crippen LogP contribution < -0.4 is 5.73 Å². The zero-order chi connectivity index (χ0) is 17.8. The van der Waals surface area contributed by atoms with Crippen LogP contribution >= 0.6 is 0 Å². The van der Waals surface area contributed by atoms with E-state index in [1.165, 1.54) is 0 Å². The predicted molar refractivity (Wildman–Crippen MR) is 95.8 cm³/mol. The zero-order valence-corrected chi connectivity index (χ0v) is 14.1. The zero-order valence-electron chi connectivity index (χ0n) is 14.1. The molecule has 0 saturated heterocycles. The maximum atomic E-state index is 13.2. The molecule has 3 rings (SSSR count). The number of amides is 2. The fourth-order valence-electron chi connectivity index (χ4n) is 3.28. The third-order valence-electron chi connectivity index (χ3n) is 4.62. The minimum atomic E-state index is -0.516. The van der Waals surface area contributed by atoms with E-state index in [-0.39, 0.29) is 11.9 Å². The lowest BCUT2D eigenvalue weighted by Gasteiger charge is -2.35. The summed E-state index contributed by atoms with van der Waals surface area (Å²) < 4.78 is 0. The topological polar surface area (TPSA) is 76.3 Å². The first-order valence-electron chi connectivity index (χ1n) is 8.33. The molecule has 25 heavy (non-hydrogen) atoms. The Kier molecular flexibility index (Phi) is 4.93. The van der Waals surface area contributed by atoms with E-state index in [1.807, 2.05) is 36.1 Å². The highest BCUT2D eigenvalue weighted by molar-refractivity contribution is 5.97. The van der Waals surface area contributed by atoms with Gasteiger partial charge < -0.3 is 10.6 Å². The van der Waals surface area contributed by atoms with Gasteiger partial charge in [-0.15, -0.1) is 0 Å². The van der Waals surface area contributed by atoms with Crippen molar-refractivity contribution in [3.8, 4) is 0 Å². The summed E-state index contributed by atoms with van der Waals surface area (Å²) in [6, 6.07) is 10.8. The fraction of sp³-hybridized carbons (Fsp3) is 0.250. The number of carbonyl (C=O) groups excluding carboxylic acids is 2. The van der Waals surface area contributed by atoms with E-state index in [2.05, 4.69) is 11.1 Å². The highest BCUT2D eigenvalue weighted by atomic mass is 16.2. The summed E-state index contributed by atoms with van der Waals surface area (Å²) in [4.78, 5) is 30.9. The lowest BCUT2D eigenvalue weighted by atomic mass is 9.92. The summed E-state index contributed by atoms with van der Waals surface area (Å²) in [5.41, 5.74) is 7.54. The summed E-state index contributed by atoms with van der Waals surface area (Å²) in [5.74, 6) is -0.987. The molecule has 2 aromatic rings. The van der Waals surface area contributed by atoms with Gasteiger partial charge in [0.25, 0.3) is 0 Å². The number of carbonyl (C=O) groups is 2. The Labute approximate surface area is 147 Å². The molecule has 0 saturated carbocycles. The number of hydrogen-bond acceptors (Lipinski definition) is 3. The summed E-state index contributed by atoms with van der Waals surface area (Å²) in [6.45, 7) is 2.37. The Hall–Kier alpha value is -2.95. The van der Waals surface area contributed by atoms with Gasteiger partial charge in [-0.2, -0.15) is 0 Å². The largest absolute Gasteiger partial charge is 0.366 e. The third-order valence-corrected chi connectivity index (χ3v) is 4.62. The van der Waals surface area contributed by atoms with Crippen molar-refractivity contribution in [3.63, 3.8) is 0 Å². The van der Waals surface area contributed by atoms with Gasteiger partial charge in [0.1, 0.15) is 0 Å². The first-order chi connectivity index (χ1) is 12.1. The summed E-state index contributed by atoms with van der Waals surface area (Å²) in [6.07, 6.45) is 8.36.